The van der Waals surface area contributed by atoms with Gasteiger partial charge in [-0.05, 0) is 6.92 Å². The molecule has 4 aliphatic heterocycles. The first kappa shape index (κ1) is 31.4. The van der Waals surface area contributed by atoms with Crippen molar-refractivity contribution in [3.05, 3.63) is 45.2 Å². The van der Waals surface area contributed by atoms with Crippen LogP contribution in [0.5, 0.6) is 0 Å². The summed E-state index contributed by atoms with van der Waals surface area (Å²) in [6.45, 7) is 16.4. The molecule has 3 fully saturated rings. The van der Waals surface area contributed by atoms with Crippen LogP contribution in [0.25, 0.3) is 21.3 Å². The molecule has 0 aromatic heterocycles. The van der Waals surface area contributed by atoms with Gasteiger partial charge in [-0.15, -0.1) is 51.9 Å². The predicted molar refractivity (Wildman–Crippen MR) is 137 cm³/mol. The Morgan fingerprint density at radius 1 is 0.774 bits per heavy atom. The molecule has 0 radical (unpaired) electrons. The standard InChI is InChI=1S/3C6H12N.C6H8N.2ClH.Rh/c4*1-6-3-2-4-7-5-6;;;/h3*6H,2-5H2,1H3;2-3,5H,4H2,1H3;2*1H;/q4*-1;;;+2/p-2. The van der Waals surface area contributed by atoms with E-state index in [-0.39, 0.29) is 15.1 Å². The number of hydrogen-bond acceptors (Lipinski definition) is 0. The van der Waals surface area contributed by atoms with Crippen molar-refractivity contribution < 1.29 is 15.1 Å². The Labute approximate surface area is 208 Å². The van der Waals surface area contributed by atoms with Crippen molar-refractivity contribution in [2.75, 3.05) is 45.8 Å². The third kappa shape index (κ3) is 23.3. The van der Waals surface area contributed by atoms with Crippen molar-refractivity contribution in [1.82, 2.24) is 0 Å². The Kier molecular flexibility index (Phi) is 23.8. The molecule has 0 bridgehead atoms. The second-order valence-electron chi connectivity index (χ2n) is 8.82. The molecule has 0 aliphatic carbocycles. The minimum absolute atomic E-state index is 0.226. The van der Waals surface area contributed by atoms with Crippen LogP contribution in [0.1, 0.15) is 66.2 Å². The summed E-state index contributed by atoms with van der Waals surface area (Å²) < 4.78 is 0. The van der Waals surface area contributed by atoms with Crippen LogP contribution in [0, 0.1) is 17.8 Å². The second kappa shape index (κ2) is 23.5. The molecule has 4 heterocycles. The fraction of sp³-hybridized carbons (Fsp3) is 0.833. The van der Waals surface area contributed by atoms with Crippen LogP contribution in [0.15, 0.2) is 23.9 Å². The number of nitrogens with zero attached hydrogens (tertiary/aromatic N) is 4. The molecule has 187 valence electrons. The monoisotopic (exact) mass is 561 g/mol. The molecule has 4 rings (SSSR count). The summed E-state index contributed by atoms with van der Waals surface area (Å²) in [5.41, 5.74) is 1.24. The summed E-state index contributed by atoms with van der Waals surface area (Å²) in [5, 5.41) is 16.8. The van der Waals surface area contributed by atoms with Gasteiger partial charge >= 0.3 is 34.5 Å². The van der Waals surface area contributed by atoms with Gasteiger partial charge in [0.25, 0.3) is 0 Å². The Morgan fingerprint density at radius 3 is 1.29 bits per heavy atom. The Morgan fingerprint density at radius 2 is 1.16 bits per heavy atom. The van der Waals surface area contributed by atoms with Crippen molar-refractivity contribution in [3.8, 4) is 0 Å². The number of rotatable bonds is 0. The van der Waals surface area contributed by atoms with Gasteiger partial charge < -0.3 is 21.3 Å². The summed E-state index contributed by atoms with van der Waals surface area (Å²) in [6.07, 6.45) is 14.2. The molecule has 0 saturated carbocycles. The van der Waals surface area contributed by atoms with E-state index in [9.17, 15) is 0 Å². The van der Waals surface area contributed by atoms with Crippen molar-refractivity contribution in [3.63, 3.8) is 0 Å². The van der Waals surface area contributed by atoms with Crippen LogP contribution >= 0.6 is 19.4 Å². The first-order valence-electron chi connectivity index (χ1n) is 11.7. The van der Waals surface area contributed by atoms with E-state index in [2.05, 4.69) is 54.2 Å². The number of halogens is 2. The fourth-order valence-corrected chi connectivity index (χ4v) is 3.40. The predicted octanol–water partition coefficient (Wildman–Crippen LogP) is 8.58. The average Bonchev–Trinajstić information content (AvgIpc) is 2.78. The summed E-state index contributed by atoms with van der Waals surface area (Å²) in [7, 11) is 9.67. The van der Waals surface area contributed by atoms with Crippen LogP contribution in [0.2, 0.25) is 0 Å². The van der Waals surface area contributed by atoms with E-state index >= 15 is 0 Å². The Hall–Kier alpha value is 0.363. The zero-order valence-corrected chi connectivity index (χ0v) is 23.2. The van der Waals surface area contributed by atoms with Gasteiger partial charge in [0.15, 0.2) is 0 Å². The molecular formula is C24H44Cl2N4Rh-4. The summed E-state index contributed by atoms with van der Waals surface area (Å²) >= 11 is -0.226. The maximum atomic E-state index is 4.83. The SMILES string of the molecule is CC1=C[N-]CC=C1.CC1CCC[N-]C1.CC1CCC[N-]C1.CC1CCC[N-]C1.[Cl][Rh][Cl]. The molecule has 31 heavy (non-hydrogen) atoms. The first-order chi connectivity index (χ1) is 15.0. The molecule has 3 atom stereocenters. The van der Waals surface area contributed by atoms with Crippen molar-refractivity contribution in [2.24, 2.45) is 17.8 Å². The molecule has 3 saturated heterocycles. The van der Waals surface area contributed by atoms with Crippen LogP contribution < -0.4 is 0 Å². The van der Waals surface area contributed by atoms with Gasteiger partial charge in [0.2, 0.25) is 0 Å². The van der Waals surface area contributed by atoms with E-state index in [1.807, 2.05) is 13.1 Å². The molecule has 0 amide bonds. The Bertz CT molecular complexity index is 393. The normalized spacial score (nSPS) is 27.2. The second-order valence-corrected chi connectivity index (χ2v) is 11.3. The molecule has 0 N–H and O–H groups in total. The quantitative estimate of drug-likeness (QED) is 0.266. The van der Waals surface area contributed by atoms with E-state index < -0.39 is 0 Å². The van der Waals surface area contributed by atoms with Gasteiger partial charge in [-0.25, -0.2) is 0 Å². The van der Waals surface area contributed by atoms with Gasteiger partial charge in [-0.2, -0.15) is 6.20 Å². The van der Waals surface area contributed by atoms with Gasteiger partial charge in [0.05, 0.1) is 0 Å². The number of piperidine rings is 3. The molecule has 4 nitrogen and oxygen atoms in total. The van der Waals surface area contributed by atoms with Crippen molar-refractivity contribution in [2.45, 2.75) is 66.2 Å². The van der Waals surface area contributed by atoms with Gasteiger partial charge in [0.1, 0.15) is 0 Å². The fourth-order valence-electron chi connectivity index (χ4n) is 3.40. The topological polar surface area (TPSA) is 56.4 Å². The van der Waals surface area contributed by atoms with E-state index in [1.54, 1.807) is 0 Å². The van der Waals surface area contributed by atoms with Crippen LogP contribution in [-0.2, 0) is 15.1 Å². The third-order valence-electron chi connectivity index (χ3n) is 5.25. The van der Waals surface area contributed by atoms with Crippen LogP contribution in [-0.4, -0.2) is 45.8 Å². The van der Waals surface area contributed by atoms with E-state index in [0.717, 1.165) is 63.6 Å². The van der Waals surface area contributed by atoms with E-state index in [1.165, 1.54) is 44.1 Å². The summed E-state index contributed by atoms with van der Waals surface area (Å²) in [5.74, 6) is 2.61. The zero-order chi connectivity index (χ0) is 23.2. The van der Waals surface area contributed by atoms with Gasteiger partial charge in [-0.3, -0.25) is 0 Å². The molecule has 3 unspecified atom stereocenters. The third-order valence-corrected chi connectivity index (χ3v) is 5.25. The number of hydrogen-bond donors (Lipinski definition) is 0. The van der Waals surface area contributed by atoms with Gasteiger partial charge in [-0.1, -0.05) is 88.7 Å². The van der Waals surface area contributed by atoms with E-state index in [4.69, 9.17) is 19.4 Å². The van der Waals surface area contributed by atoms with Crippen LogP contribution in [0.3, 0.4) is 0 Å². The average molecular weight is 562 g/mol. The molecule has 7 heteroatoms. The molecular weight excluding hydrogens is 518 g/mol. The number of allylic oxidation sites excluding steroid dienone is 2. The first-order valence-corrected chi connectivity index (χ1v) is 15.9. The van der Waals surface area contributed by atoms with Crippen LogP contribution in [0.4, 0.5) is 0 Å². The maximum absolute atomic E-state index is 4.83. The molecule has 0 aromatic rings. The minimum atomic E-state index is -0.226. The van der Waals surface area contributed by atoms with Crippen molar-refractivity contribution >= 4 is 19.4 Å². The summed E-state index contributed by atoms with van der Waals surface area (Å²) in [6, 6.07) is 0. The van der Waals surface area contributed by atoms with E-state index in [0.29, 0.717) is 0 Å². The summed E-state index contributed by atoms with van der Waals surface area (Å²) in [4.78, 5) is 0. The Balaban J connectivity index is 0.000000371. The molecule has 4 aliphatic rings. The van der Waals surface area contributed by atoms with Gasteiger partial charge in [0, 0.05) is 0 Å². The zero-order valence-electron chi connectivity index (χ0n) is 20.0. The van der Waals surface area contributed by atoms with Crippen molar-refractivity contribution in [1.29, 1.82) is 0 Å². The molecule has 0 spiro atoms. The molecule has 0 aromatic carbocycles.